The fourth-order valence-electron chi connectivity index (χ4n) is 3.43. The van der Waals surface area contributed by atoms with Gasteiger partial charge >= 0.3 is 0 Å². The normalized spacial score (nSPS) is 15.0. The molecule has 2 heterocycles. The molecule has 146 valence electrons. The van der Waals surface area contributed by atoms with E-state index in [1.54, 1.807) is 32.4 Å². The van der Waals surface area contributed by atoms with Crippen LogP contribution >= 0.6 is 0 Å². The summed E-state index contributed by atoms with van der Waals surface area (Å²) in [6.45, 7) is 7.22. The van der Waals surface area contributed by atoms with E-state index in [1.165, 1.54) is 0 Å². The number of aryl methyl sites for hydroxylation is 1. The van der Waals surface area contributed by atoms with Gasteiger partial charge in [-0.3, -0.25) is 9.69 Å². The lowest BCUT2D eigenvalue weighted by Gasteiger charge is -2.35. The van der Waals surface area contributed by atoms with E-state index < -0.39 is 0 Å². The summed E-state index contributed by atoms with van der Waals surface area (Å²) in [5.41, 5.74) is 0.581. The Balaban J connectivity index is 1.55. The standard InChI is InChI=1S/C20H28N4O3/c1-4-19-21-7-8-23(19)12-9-22-10-13-24(14-11-22)20(25)17-6-5-16(26-2)15-18(17)27-3/h5-8,15H,4,9-14H2,1-3H3. The zero-order valence-electron chi connectivity index (χ0n) is 16.4. The number of hydrogen-bond acceptors (Lipinski definition) is 5. The van der Waals surface area contributed by atoms with E-state index in [0.717, 1.165) is 51.5 Å². The van der Waals surface area contributed by atoms with E-state index in [4.69, 9.17) is 9.47 Å². The first-order valence-electron chi connectivity index (χ1n) is 9.40. The molecule has 0 saturated carbocycles. The van der Waals surface area contributed by atoms with E-state index in [-0.39, 0.29) is 5.91 Å². The molecule has 0 aliphatic carbocycles. The first kappa shape index (κ1) is 19.2. The molecule has 0 atom stereocenters. The number of imidazole rings is 1. The number of nitrogens with zero attached hydrogens (tertiary/aromatic N) is 4. The van der Waals surface area contributed by atoms with Gasteiger partial charge in [0.1, 0.15) is 17.3 Å². The summed E-state index contributed by atoms with van der Waals surface area (Å²) in [5, 5.41) is 0. The van der Waals surface area contributed by atoms with Gasteiger partial charge in [0, 0.05) is 64.1 Å². The summed E-state index contributed by atoms with van der Waals surface area (Å²) in [6.07, 6.45) is 4.84. The summed E-state index contributed by atoms with van der Waals surface area (Å²) in [6, 6.07) is 5.32. The van der Waals surface area contributed by atoms with Crippen LogP contribution in [-0.4, -0.2) is 72.2 Å². The zero-order valence-corrected chi connectivity index (χ0v) is 16.4. The fraction of sp³-hybridized carbons (Fsp3) is 0.500. The summed E-state index contributed by atoms with van der Waals surface area (Å²) in [7, 11) is 3.17. The van der Waals surface area contributed by atoms with Gasteiger partial charge in [-0.05, 0) is 12.1 Å². The Hall–Kier alpha value is -2.54. The number of ether oxygens (including phenoxy) is 2. The monoisotopic (exact) mass is 372 g/mol. The maximum Gasteiger partial charge on any atom is 0.257 e. The number of hydrogen-bond donors (Lipinski definition) is 0. The molecule has 0 N–H and O–H groups in total. The van der Waals surface area contributed by atoms with Crippen LogP contribution in [0, 0.1) is 0 Å². The topological polar surface area (TPSA) is 59.8 Å². The van der Waals surface area contributed by atoms with E-state index in [1.807, 2.05) is 17.3 Å². The highest BCUT2D eigenvalue weighted by molar-refractivity contribution is 5.97. The Morgan fingerprint density at radius 2 is 1.89 bits per heavy atom. The quantitative estimate of drug-likeness (QED) is 0.743. The Bertz CT molecular complexity index is 766. The van der Waals surface area contributed by atoms with Gasteiger partial charge in [-0.1, -0.05) is 6.92 Å². The van der Waals surface area contributed by atoms with E-state index in [0.29, 0.717) is 17.1 Å². The minimum Gasteiger partial charge on any atom is -0.497 e. The highest BCUT2D eigenvalue weighted by atomic mass is 16.5. The molecule has 27 heavy (non-hydrogen) atoms. The molecular weight excluding hydrogens is 344 g/mol. The van der Waals surface area contributed by atoms with Crippen LogP contribution in [0.15, 0.2) is 30.6 Å². The number of amides is 1. The van der Waals surface area contributed by atoms with Crippen molar-refractivity contribution in [2.24, 2.45) is 0 Å². The summed E-state index contributed by atoms with van der Waals surface area (Å²) < 4.78 is 12.8. The summed E-state index contributed by atoms with van der Waals surface area (Å²) in [4.78, 5) is 21.6. The van der Waals surface area contributed by atoms with Gasteiger partial charge in [0.2, 0.25) is 0 Å². The molecule has 0 unspecified atom stereocenters. The van der Waals surface area contributed by atoms with Gasteiger partial charge in [0.15, 0.2) is 0 Å². The van der Waals surface area contributed by atoms with Crippen LogP contribution in [0.1, 0.15) is 23.1 Å². The third-order valence-corrected chi connectivity index (χ3v) is 5.07. The van der Waals surface area contributed by atoms with Gasteiger partial charge in [-0.25, -0.2) is 4.98 Å². The summed E-state index contributed by atoms with van der Waals surface area (Å²) in [5.74, 6) is 2.36. The maximum absolute atomic E-state index is 12.9. The van der Waals surface area contributed by atoms with Crippen LogP contribution in [0.4, 0.5) is 0 Å². The number of carbonyl (C=O) groups excluding carboxylic acids is 1. The molecule has 1 amide bonds. The molecule has 0 spiro atoms. The molecule has 7 nitrogen and oxygen atoms in total. The fourth-order valence-corrected chi connectivity index (χ4v) is 3.43. The average Bonchev–Trinajstić information content (AvgIpc) is 3.19. The molecule has 1 aliphatic heterocycles. The molecule has 1 fully saturated rings. The predicted molar refractivity (Wildman–Crippen MR) is 103 cm³/mol. The largest absolute Gasteiger partial charge is 0.497 e. The lowest BCUT2D eigenvalue weighted by atomic mass is 10.1. The zero-order chi connectivity index (χ0) is 19.2. The smallest absolute Gasteiger partial charge is 0.257 e. The van der Waals surface area contributed by atoms with Gasteiger partial charge in [-0.15, -0.1) is 0 Å². The van der Waals surface area contributed by atoms with Crippen molar-refractivity contribution in [2.45, 2.75) is 19.9 Å². The second kappa shape index (κ2) is 8.90. The van der Waals surface area contributed by atoms with Crippen molar-refractivity contribution in [3.63, 3.8) is 0 Å². The molecule has 1 aliphatic rings. The van der Waals surface area contributed by atoms with Gasteiger partial charge in [-0.2, -0.15) is 0 Å². The van der Waals surface area contributed by atoms with Crippen LogP contribution in [0.3, 0.4) is 0 Å². The molecule has 2 aromatic rings. The van der Waals surface area contributed by atoms with Crippen molar-refractivity contribution in [2.75, 3.05) is 46.9 Å². The molecule has 1 saturated heterocycles. The SMILES string of the molecule is CCc1nccn1CCN1CCN(C(=O)c2ccc(OC)cc2OC)CC1. The Kier molecular flexibility index (Phi) is 6.34. The van der Waals surface area contributed by atoms with Crippen molar-refractivity contribution in [3.8, 4) is 11.5 Å². The van der Waals surface area contributed by atoms with Crippen molar-refractivity contribution in [3.05, 3.63) is 42.0 Å². The Morgan fingerprint density at radius 1 is 1.11 bits per heavy atom. The first-order chi connectivity index (χ1) is 13.2. The second-order valence-corrected chi connectivity index (χ2v) is 6.59. The van der Waals surface area contributed by atoms with Crippen molar-refractivity contribution in [1.82, 2.24) is 19.4 Å². The maximum atomic E-state index is 12.9. The molecule has 0 radical (unpaired) electrons. The lowest BCUT2D eigenvalue weighted by molar-refractivity contribution is 0.0629. The van der Waals surface area contributed by atoms with Crippen LogP contribution in [0.25, 0.3) is 0 Å². The molecular formula is C20H28N4O3. The van der Waals surface area contributed by atoms with Crippen LogP contribution in [0.5, 0.6) is 11.5 Å². The Labute approximate surface area is 160 Å². The van der Waals surface area contributed by atoms with Crippen LogP contribution in [0.2, 0.25) is 0 Å². The molecule has 0 bridgehead atoms. The molecule has 1 aromatic heterocycles. The van der Waals surface area contributed by atoms with Crippen molar-refractivity contribution in [1.29, 1.82) is 0 Å². The highest BCUT2D eigenvalue weighted by Gasteiger charge is 2.24. The minimum absolute atomic E-state index is 0.0111. The number of benzene rings is 1. The van der Waals surface area contributed by atoms with Crippen molar-refractivity contribution >= 4 is 5.91 Å². The number of aromatic nitrogens is 2. The predicted octanol–water partition coefficient (Wildman–Crippen LogP) is 1.92. The molecule has 3 rings (SSSR count). The third-order valence-electron chi connectivity index (χ3n) is 5.07. The lowest BCUT2D eigenvalue weighted by Crippen LogP contribution is -2.49. The average molecular weight is 372 g/mol. The number of piperazine rings is 1. The summed E-state index contributed by atoms with van der Waals surface area (Å²) >= 11 is 0. The van der Waals surface area contributed by atoms with Gasteiger partial charge in [0.25, 0.3) is 5.91 Å². The van der Waals surface area contributed by atoms with E-state index in [2.05, 4.69) is 21.4 Å². The number of methoxy groups -OCH3 is 2. The van der Waals surface area contributed by atoms with Crippen LogP contribution in [-0.2, 0) is 13.0 Å². The number of rotatable bonds is 7. The first-order valence-corrected chi connectivity index (χ1v) is 9.40. The highest BCUT2D eigenvalue weighted by Crippen LogP contribution is 2.26. The van der Waals surface area contributed by atoms with Gasteiger partial charge < -0.3 is 18.9 Å². The van der Waals surface area contributed by atoms with Gasteiger partial charge in [0.05, 0.1) is 19.8 Å². The van der Waals surface area contributed by atoms with Crippen LogP contribution < -0.4 is 9.47 Å². The van der Waals surface area contributed by atoms with E-state index in [9.17, 15) is 4.79 Å². The third kappa shape index (κ3) is 4.42. The minimum atomic E-state index is 0.0111. The number of carbonyl (C=O) groups is 1. The Morgan fingerprint density at radius 3 is 2.56 bits per heavy atom. The van der Waals surface area contributed by atoms with E-state index >= 15 is 0 Å². The molecule has 7 heteroatoms. The molecule has 1 aromatic carbocycles. The second-order valence-electron chi connectivity index (χ2n) is 6.59. The van der Waals surface area contributed by atoms with Crippen molar-refractivity contribution < 1.29 is 14.3 Å².